The number of likely N-dealkylation sites (tertiary alicyclic amines) is 1. The summed E-state index contributed by atoms with van der Waals surface area (Å²) in [6.07, 6.45) is 11.4. The van der Waals surface area contributed by atoms with Crippen LogP contribution in [-0.4, -0.2) is 38.8 Å². The van der Waals surface area contributed by atoms with Crippen LogP contribution in [-0.2, 0) is 4.79 Å². The standard InChI is InChI=1S/C26H31N5OS/c1-18-12-13-27-24(16-18)30-23-7-5-6-21(29-23)22-17-28-25(33-22)19-8-10-20(11-9-19)26(32)31-14-3-2-4-15-31/h5-7,12-13,16-17,19-20H,2-4,8-11,14-15H2,1H3,(H,27,29,30). The van der Waals surface area contributed by atoms with Gasteiger partial charge in [-0.1, -0.05) is 6.07 Å². The Bertz CT molecular complexity index is 1100. The second-order valence-corrected chi connectivity index (χ2v) is 10.3. The van der Waals surface area contributed by atoms with Crippen LogP contribution < -0.4 is 5.32 Å². The van der Waals surface area contributed by atoms with Gasteiger partial charge in [-0.2, -0.15) is 0 Å². The number of carbonyl (C=O) groups is 1. The number of rotatable bonds is 5. The maximum absolute atomic E-state index is 12.9. The number of carbonyl (C=O) groups excluding carboxylic acids is 1. The Morgan fingerprint density at radius 2 is 1.85 bits per heavy atom. The molecule has 3 aromatic heterocycles. The smallest absolute Gasteiger partial charge is 0.225 e. The lowest BCUT2D eigenvalue weighted by Crippen LogP contribution is -2.40. The molecule has 33 heavy (non-hydrogen) atoms. The number of thiazole rings is 1. The van der Waals surface area contributed by atoms with E-state index >= 15 is 0 Å². The van der Waals surface area contributed by atoms with Gasteiger partial charge in [0.05, 0.1) is 15.6 Å². The summed E-state index contributed by atoms with van der Waals surface area (Å²) < 4.78 is 0. The molecule has 6 nitrogen and oxygen atoms in total. The summed E-state index contributed by atoms with van der Waals surface area (Å²) in [4.78, 5) is 29.9. The van der Waals surface area contributed by atoms with E-state index in [1.165, 1.54) is 11.4 Å². The fraction of sp³-hybridized carbons (Fsp3) is 0.462. The molecule has 2 fully saturated rings. The van der Waals surface area contributed by atoms with Gasteiger partial charge in [0.1, 0.15) is 11.6 Å². The predicted molar refractivity (Wildman–Crippen MR) is 133 cm³/mol. The average Bonchev–Trinajstić information content (AvgIpc) is 3.35. The van der Waals surface area contributed by atoms with Gasteiger partial charge in [0, 0.05) is 37.3 Å². The minimum absolute atomic E-state index is 0.207. The number of nitrogens with one attached hydrogen (secondary N) is 1. The summed E-state index contributed by atoms with van der Waals surface area (Å²) in [6.45, 7) is 3.96. The molecule has 1 aliphatic carbocycles. The normalized spacial score (nSPS) is 21.1. The number of amides is 1. The molecule has 172 valence electrons. The summed E-state index contributed by atoms with van der Waals surface area (Å²) in [5.74, 6) is 2.62. The Morgan fingerprint density at radius 1 is 1.03 bits per heavy atom. The van der Waals surface area contributed by atoms with Crippen molar-refractivity contribution in [2.75, 3.05) is 18.4 Å². The number of hydrogen-bond donors (Lipinski definition) is 1. The first-order chi connectivity index (χ1) is 16.2. The fourth-order valence-corrected chi connectivity index (χ4v) is 5.99. The maximum Gasteiger partial charge on any atom is 0.225 e. The molecule has 0 bridgehead atoms. The lowest BCUT2D eigenvalue weighted by molar-refractivity contribution is -0.137. The summed E-state index contributed by atoms with van der Waals surface area (Å²) in [6, 6.07) is 9.98. The molecule has 1 saturated heterocycles. The summed E-state index contributed by atoms with van der Waals surface area (Å²) in [5.41, 5.74) is 2.08. The molecule has 0 aromatic carbocycles. The van der Waals surface area contributed by atoms with Crippen LogP contribution in [0.2, 0.25) is 0 Å². The molecule has 4 heterocycles. The zero-order valence-electron chi connectivity index (χ0n) is 19.2. The number of anilines is 2. The molecule has 0 radical (unpaired) electrons. The lowest BCUT2D eigenvalue weighted by atomic mass is 9.81. The van der Waals surface area contributed by atoms with Crippen LogP contribution in [0.25, 0.3) is 10.6 Å². The Balaban J connectivity index is 1.21. The SMILES string of the molecule is Cc1ccnc(Nc2cccc(-c3cnc(C4CCC(C(=O)N5CCCCC5)CC4)s3)n2)c1. The molecule has 5 rings (SSSR count). The third kappa shape index (κ3) is 5.24. The molecule has 3 aromatic rings. The number of nitrogens with zero attached hydrogens (tertiary/aromatic N) is 4. The Hall–Kier alpha value is -2.80. The maximum atomic E-state index is 12.9. The summed E-state index contributed by atoms with van der Waals surface area (Å²) in [5, 5.41) is 4.47. The van der Waals surface area contributed by atoms with E-state index in [2.05, 4.69) is 15.2 Å². The van der Waals surface area contributed by atoms with Gasteiger partial charge in [-0.15, -0.1) is 11.3 Å². The molecule has 7 heteroatoms. The second-order valence-electron chi connectivity index (χ2n) is 9.25. The molecular formula is C26H31N5OS. The van der Waals surface area contributed by atoms with Gasteiger partial charge >= 0.3 is 0 Å². The van der Waals surface area contributed by atoms with E-state index in [1.54, 1.807) is 17.5 Å². The first-order valence-corrected chi connectivity index (χ1v) is 12.9. The number of hydrogen-bond acceptors (Lipinski definition) is 6. The van der Waals surface area contributed by atoms with Crippen molar-refractivity contribution in [3.63, 3.8) is 0 Å². The zero-order valence-corrected chi connectivity index (χ0v) is 20.0. The minimum Gasteiger partial charge on any atom is -0.342 e. The highest BCUT2D eigenvalue weighted by molar-refractivity contribution is 7.15. The first kappa shape index (κ1) is 22.0. The Labute approximate surface area is 199 Å². The van der Waals surface area contributed by atoms with Crippen LogP contribution in [0.5, 0.6) is 0 Å². The fourth-order valence-electron chi connectivity index (χ4n) is 4.93. The molecule has 1 aliphatic heterocycles. The van der Waals surface area contributed by atoms with Crippen LogP contribution in [0.15, 0.2) is 42.7 Å². The van der Waals surface area contributed by atoms with E-state index in [0.717, 1.165) is 79.4 Å². The van der Waals surface area contributed by atoms with Crippen molar-refractivity contribution in [1.29, 1.82) is 0 Å². The molecule has 0 atom stereocenters. The quantitative estimate of drug-likeness (QED) is 0.509. The summed E-state index contributed by atoms with van der Waals surface area (Å²) in [7, 11) is 0. The highest BCUT2D eigenvalue weighted by atomic mass is 32.1. The molecule has 0 spiro atoms. The third-order valence-corrected chi connectivity index (χ3v) is 7.97. The first-order valence-electron chi connectivity index (χ1n) is 12.1. The van der Waals surface area contributed by atoms with Crippen LogP contribution in [0.1, 0.15) is 61.4 Å². The van der Waals surface area contributed by atoms with Crippen molar-refractivity contribution in [2.45, 2.75) is 57.8 Å². The molecule has 0 unspecified atom stereocenters. The molecule has 1 saturated carbocycles. The van der Waals surface area contributed by atoms with Crippen LogP contribution >= 0.6 is 11.3 Å². The van der Waals surface area contributed by atoms with Gasteiger partial charge in [0.2, 0.25) is 5.91 Å². The Kier molecular flexibility index (Phi) is 6.67. The van der Waals surface area contributed by atoms with Crippen molar-refractivity contribution < 1.29 is 4.79 Å². The predicted octanol–water partition coefficient (Wildman–Crippen LogP) is 5.94. The molecule has 1 amide bonds. The second kappa shape index (κ2) is 10.00. The molecule has 2 aliphatic rings. The summed E-state index contributed by atoms with van der Waals surface area (Å²) >= 11 is 1.74. The van der Waals surface area contributed by atoms with E-state index in [4.69, 9.17) is 9.97 Å². The van der Waals surface area contributed by atoms with Crippen molar-refractivity contribution in [2.24, 2.45) is 5.92 Å². The van der Waals surface area contributed by atoms with E-state index < -0.39 is 0 Å². The monoisotopic (exact) mass is 461 g/mol. The highest BCUT2D eigenvalue weighted by Gasteiger charge is 2.31. The average molecular weight is 462 g/mol. The highest BCUT2D eigenvalue weighted by Crippen LogP contribution is 2.40. The third-order valence-electron chi connectivity index (χ3n) is 6.79. The van der Waals surface area contributed by atoms with E-state index in [-0.39, 0.29) is 5.92 Å². The van der Waals surface area contributed by atoms with Crippen molar-refractivity contribution in [1.82, 2.24) is 19.9 Å². The molecule has 1 N–H and O–H groups in total. The van der Waals surface area contributed by atoms with Gasteiger partial charge in [-0.05, 0) is 81.7 Å². The minimum atomic E-state index is 0.207. The van der Waals surface area contributed by atoms with Gasteiger partial charge < -0.3 is 10.2 Å². The largest absolute Gasteiger partial charge is 0.342 e. The lowest BCUT2D eigenvalue weighted by Gasteiger charge is -2.33. The van der Waals surface area contributed by atoms with Crippen molar-refractivity contribution in [3.05, 3.63) is 53.3 Å². The number of piperidine rings is 1. The van der Waals surface area contributed by atoms with Gasteiger partial charge in [-0.25, -0.2) is 15.0 Å². The van der Waals surface area contributed by atoms with E-state index in [0.29, 0.717) is 11.8 Å². The van der Waals surface area contributed by atoms with Gasteiger partial charge in [0.25, 0.3) is 0 Å². The van der Waals surface area contributed by atoms with Gasteiger partial charge in [-0.3, -0.25) is 4.79 Å². The van der Waals surface area contributed by atoms with Crippen molar-refractivity contribution in [3.8, 4) is 10.6 Å². The van der Waals surface area contributed by atoms with E-state index in [9.17, 15) is 4.79 Å². The van der Waals surface area contributed by atoms with Crippen LogP contribution in [0.4, 0.5) is 11.6 Å². The van der Waals surface area contributed by atoms with E-state index in [1.807, 2.05) is 43.5 Å². The topological polar surface area (TPSA) is 71.0 Å². The number of aryl methyl sites for hydroxylation is 1. The van der Waals surface area contributed by atoms with Crippen molar-refractivity contribution >= 4 is 28.9 Å². The van der Waals surface area contributed by atoms with Crippen LogP contribution in [0.3, 0.4) is 0 Å². The van der Waals surface area contributed by atoms with Gasteiger partial charge in [0.15, 0.2) is 0 Å². The zero-order chi connectivity index (χ0) is 22.6. The Morgan fingerprint density at radius 3 is 2.64 bits per heavy atom. The number of pyridine rings is 2. The van der Waals surface area contributed by atoms with Crippen LogP contribution in [0, 0.1) is 12.8 Å². The molecular weight excluding hydrogens is 430 g/mol. The number of aromatic nitrogens is 3.